The van der Waals surface area contributed by atoms with E-state index < -0.39 is 11.7 Å². The topological polar surface area (TPSA) is 85.4 Å². The van der Waals surface area contributed by atoms with E-state index in [4.69, 9.17) is 9.47 Å². The molecule has 20 heavy (non-hydrogen) atoms. The largest absolute Gasteiger partial charge is 0.480 e. The molecule has 0 fully saturated rings. The summed E-state index contributed by atoms with van der Waals surface area (Å²) in [6.07, 6.45) is 1.14. The average molecular weight is 347 g/mol. The minimum atomic E-state index is -0.500. The van der Waals surface area contributed by atoms with Crippen molar-refractivity contribution in [2.24, 2.45) is 0 Å². The van der Waals surface area contributed by atoms with Gasteiger partial charge in [-0.1, -0.05) is 0 Å². The van der Waals surface area contributed by atoms with Crippen LogP contribution in [0.25, 0.3) is 0 Å². The lowest BCUT2D eigenvalue weighted by molar-refractivity contribution is 0.0530. The fourth-order valence-electron chi connectivity index (χ4n) is 1.23. The highest BCUT2D eigenvalue weighted by Crippen LogP contribution is 2.21. The number of hydrogen-bond donors (Lipinski definition) is 2. The number of ether oxygens (including phenoxy) is 2. The Morgan fingerprint density at radius 2 is 2.10 bits per heavy atom. The Hall–Kier alpha value is -1.57. The molecule has 0 unspecified atom stereocenters. The molecule has 0 aliphatic rings. The molecular formula is C12H19BrN4O3. The van der Waals surface area contributed by atoms with E-state index in [1.165, 1.54) is 7.11 Å². The lowest BCUT2D eigenvalue weighted by atomic mass is 10.2. The molecule has 0 aromatic carbocycles. The lowest BCUT2D eigenvalue weighted by Gasteiger charge is -2.19. The second-order valence-electron chi connectivity index (χ2n) is 4.91. The number of methoxy groups -OCH3 is 1. The van der Waals surface area contributed by atoms with Gasteiger partial charge in [-0.3, -0.25) is 0 Å². The van der Waals surface area contributed by atoms with Crippen LogP contribution in [0.1, 0.15) is 20.8 Å². The van der Waals surface area contributed by atoms with Crippen LogP contribution >= 0.6 is 15.9 Å². The molecule has 0 radical (unpaired) electrons. The van der Waals surface area contributed by atoms with Crippen LogP contribution in [0.2, 0.25) is 0 Å². The summed E-state index contributed by atoms with van der Waals surface area (Å²) in [4.78, 5) is 19.6. The maximum absolute atomic E-state index is 11.4. The summed E-state index contributed by atoms with van der Waals surface area (Å²) >= 11 is 3.27. The monoisotopic (exact) mass is 346 g/mol. The van der Waals surface area contributed by atoms with Crippen molar-refractivity contribution in [3.63, 3.8) is 0 Å². The summed E-state index contributed by atoms with van der Waals surface area (Å²) in [5, 5.41) is 5.60. The second-order valence-corrected chi connectivity index (χ2v) is 5.76. The number of anilines is 1. The van der Waals surface area contributed by atoms with Gasteiger partial charge in [-0.05, 0) is 36.7 Å². The predicted molar refractivity (Wildman–Crippen MR) is 79.0 cm³/mol. The SMILES string of the molecule is COc1nc(NCCNC(=O)OC(C)(C)C)ncc1Br. The molecule has 1 rings (SSSR count). The summed E-state index contributed by atoms with van der Waals surface area (Å²) < 4.78 is 10.8. The van der Waals surface area contributed by atoms with Gasteiger partial charge in [-0.15, -0.1) is 0 Å². The van der Waals surface area contributed by atoms with E-state index in [1.807, 2.05) is 20.8 Å². The average Bonchev–Trinajstić information content (AvgIpc) is 2.34. The van der Waals surface area contributed by atoms with Gasteiger partial charge in [-0.2, -0.15) is 4.98 Å². The Bertz CT molecular complexity index is 463. The number of nitrogens with one attached hydrogen (secondary N) is 2. The smallest absolute Gasteiger partial charge is 0.407 e. The van der Waals surface area contributed by atoms with Crippen LogP contribution in [0.5, 0.6) is 5.88 Å². The summed E-state index contributed by atoms with van der Waals surface area (Å²) in [6.45, 7) is 6.31. The molecule has 0 bridgehead atoms. The zero-order valence-corrected chi connectivity index (χ0v) is 13.6. The maximum atomic E-state index is 11.4. The van der Waals surface area contributed by atoms with Gasteiger partial charge in [0.1, 0.15) is 5.60 Å². The number of aromatic nitrogens is 2. The number of amides is 1. The van der Waals surface area contributed by atoms with E-state index >= 15 is 0 Å². The summed E-state index contributed by atoms with van der Waals surface area (Å²) in [6, 6.07) is 0. The fourth-order valence-corrected chi connectivity index (χ4v) is 1.59. The first-order valence-electron chi connectivity index (χ1n) is 6.09. The predicted octanol–water partition coefficient (Wildman–Crippen LogP) is 2.18. The van der Waals surface area contributed by atoms with Crippen LogP contribution in [-0.4, -0.2) is 41.9 Å². The third kappa shape index (κ3) is 6.05. The van der Waals surface area contributed by atoms with E-state index in [-0.39, 0.29) is 0 Å². The van der Waals surface area contributed by atoms with E-state index in [0.29, 0.717) is 29.4 Å². The minimum Gasteiger partial charge on any atom is -0.480 e. The highest BCUT2D eigenvalue weighted by molar-refractivity contribution is 9.10. The van der Waals surface area contributed by atoms with Crippen molar-refractivity contribution in [2.75, 3.05) is 25.5 Å². The number of carbonyl (C=O) groups excluding carboxylic acids is 1. The third-order valence-electron chi connectivity index (χ3n) is 1.98. The lowest BCUT2D eigenvalue weighted by Crippen LogP contribution is -2.35. The van der Waals surface area contributed by atoms with E-state index in [0.717, 1.165) is 0 Å². The molecule has 7 nitrogen and oxygen atoms in total. The van der Waals surface area contributed by atoms with Crippen LogP contribution in [0.3, 0.4) is 0 Å². The Morgan fingerprint density at radius 1 is 1.40 bits per heavy atom. The molecule has 8 heteroatoms. The molecule has 2 N–H and O–H groups in total. The first-order valence-corrected chi connectivity index (χ1v) is 6.88. The van der Waals surface area contributed by atoms with Gasteiger partial charge in [0, 0.05) is 13.1 Å². The Labute approximate surface area is 126 Å². The van der Waals surface area contributed by atoms with Gasteiger partial charge in [0.15, 0.2) is 0 Å². The molecule has 112 valence electrons. The van der Waals surface area contributed by atoms with Gasteiger partial charge < -0.3 is 20.1 Å². The van der Waals surface area contributed by atoms with Crippen molar-refractivity contribution in [3.8, 4) is 5.88 Å². The van der Waals surface area contributed by atoms with E-state index in [1.54, 1.807) is 6.20 Å². The molecule has 1 amide bonds. The number of halogens is 1. The molecular weight excluding hydrogens is 328 g/mol. The first-order chi connectivity index (χ1) is 9.31. The molecule has 0 saturated carbocycles. The molecule has 0 spiro atoms. The molecule has 0 saturated heterocycles. The number of hydrogen-bond acceptors (Lipinski definition) is 6. The van der Waals surface area contributed by atoms with Crippen LogP contribution in [-0.2, 0) is 4.74 Å². The normalized spacial score (nSPS) is 10.8. The molecule has 1 heterocycles. The molecule has 0 atom stereocenters. The van der Waals surface area contributed by atoms with Crippen molar-refractivity contribution in [2.45, 2.75) is 26.4 Å². The maximum Gasteiger partial charge on any atom is 0.407 e. The number of nitrogens with zero attached hydrogens (tertiary/aromatic N) is 2. The van der Waals surface area contributed by atoms with Crippen molar-refractivity contribution in [3.05, 3.63) is 10.7 Å². The highest BCUT2D eigenvalue weighted by atomic mass is 79.9. The van der Waals surface area contributed by atoms with E-state index in [9.17, 15) is 4.79 Å². The summed E-state index contributed by atoms with van der Waals surface area (Å²) in [5.74, 6) is 0.874. The number of rotatable bonds is 5. The van der Waals surface area contributed by atoms with Crippen molar-refractivity contribution >= 4 is 28.0 Å². The molecule has 1 aromatic rings. The van der Waals surface area contributed by atoms with Gasteiger partial charge in [0.25, 0.3) is 0 Å². The molecule has 0 aliphatic heterocycles. The molecule has 1 aromatic heterocycles. The van der Waals surface area contributed by atoms with Crippen molar-refractivity contribution in [1.29, 1.82) is 0 Å². The van der Waals surface area contributed by atoms with E-state index in [2.05, 4.69) is 36.5 Å². The first kappa shape index (κ1) is 16.5. The zero-order chi connectivity index (χ0) is 15.2. The zero-order valence-electron chi connectivity index (χ0n) is 12.0. The van der Waals surface area contributed by atoms with Crippen LogP contribution < -0.4 is 15.4 Å². The van der Waals surface area contributed by atoms with Gasteiger partial charge in [0.2, 0.25) is 11.8 Å². The van der Waals surface area contributed by atoms with Crippen molar-refractivity contribution < 1.29 is 14.3 Å². The van der Waals surface area contributed by atoms with Gasteiger partial charge in [0.05, 0.1) is 17.8 Å². The Balaban J connectivity index is 2.33. The van der Waals surface area contributed by atoms with Gasteiger partial charge >= 0.3 is 6.09 Å². The Kier molecular flexibility index (Phi) is 6.00. The minimum absolute atomic E-state index is 0.399. The highest BCUT2D eigenvalue weighted by Gasteiger charge is 2.15. The Morgan fingerprint density at radius 3 is 2.70 bits per heavy atom. The molecule has 0 aliphatic carbocycles. The fraction of sp³-hybridized carbons (Fsp3) is 0.583. The van der Waals surface area contributed by atoms with Crippen molar-refractivity contribution in [1.82, 2.24) is 15.3 Å². The number of carbonyl (C=O) groups is 1. The van der Waals surface area contributed by atoms with Gasteiger partial charge in [-0.25, -0.2) is 9.78 Å². The third-order valence-corrected chi connectivity index (χ3v) is 2.53. The summed E-state index contributed by atoms with van der Waals surface area (Å²) in [5.41, 5.74) is -0.500. The number of alkyl carbamates (subject to hydrolysis) is 1. The summed E-state index contributed by atoms with van der Waals surface area (Å²) in [7, 11) is 1.53. The van der Waals surface area contributed by atoms with Crippen LogP contribution in [0.15, 0.2) is 10.7 Å². The quantitative estimate of drug-likeness (QED) is 0.795. The van der Waals surface area contributed by atoms with Crippen LogP contribution in [0.4, 0.5) is 10.7 Å². The van der Waals surface area contributed by atoms with Crippen LogP contribution in [0, 0.1) is 0 Å². The second kappa shape index (κ2) is 7.28. The standard InChI is InChI=1S/C12H19BrN4O3/c1-12(2,3)20-11(18)15-6-5-14-10-16-7-8(13)9(17-10)19-4/h7H,5-6H2,1-4H3,(H,15,18)(H,14,16,17).